The number of pyridine rings is 1. The Morgan fingerprint density at radius 2 is 2.00 bits per heavy atom. The number of hydrogen-bond acceptors (Lipinski definition) is 4. The maximum atomic E-state index is 11.6. The molecule has 5 heteroatoms. The zero-order valence-electron chi connectivity index (χ0n) is 12.3. The van der Waals surface area contributed by atoms with Gasteiger partial charge in [-0.2, -0.15) is 0 Å². The van der Waals surface area contributed by atoms with Crippen molar-refractivity contribution in [3.05, 3.63) is 59.9 Å². The minimum absolute atomic E-state index is 0.215. The van der Waals surface area contributed by atoms with E-state index in [4.69, 9.17) is 5.73 Å². The molecule has 1 atom stereocenters. The summed E-state index contributed by atoms with van der Waals surface area (Å²) in [5, 5.41) is 5.96. The highest BCUT2D eigenvalue weighted by Crippen LogP contribution is 2.25. The lowest BCUT2D eigenvalue weighted by Gasteiger charge is -2.31. The molecule has 1 heterocycles. The van der Waals surface area contributed by atoms with Crippen molar-refractivity contribution in [2.24, 2.45) is 5.73 Å². The van der Waals surface area contributed by atoms with Gasteiger partial charge in [0.25, 0.3) is 5.91 Å². The number of hydrogen-bond donors (Lipinski definition) is 3. The van der Waals surface area contributed by atoms with Crippen molar-refractivity contribution in [3.8, 4) is 0 Å². The van der Waals surface area contributed by atoms with Crippen LogP contribution in [0.4, 0.5) is 5.69 Å². The normalized spacial score (nSPS) is 13.3. The average Bonchev–Trinajstić information content (AvgIpc) is 2.55. The molecule has 0 fully saturated rings. The zero-order chi connectivity index (χ0) is 15.3. The second-order valence-electron chi connectivity index (χ2n) is 5.04. The predicted molar refractivity (Wildman–Crippen MR) is 84.1 cm³/mol. The molecule has 0 saturated carbocycles. The number of carbonyl (C=O) groups excluding carboxylic acids is 1. The van der Waals surface area contributed by atoms with E-state index in [2.05, 4.69) is 15.6 Å². The van der Waals surface area contributed by atoms with Gasteiger partial charge in [0.2, 0.25) is 0 Å². The Balaban J connectivity index is 2.29. The first-order chi connectivity index (χ1) is 10.1. The molecule has 0 aliphatic rings. The quantitative estimate of drug-likeness (QED) is 0.781. The third-order valence-electron chi connectivity index (χ3n) is 3.46. The van der Waals surface area contributed by atoms with Gasteiger partial charge in [-0.25, -0.2) is 0 Å². The Morgan fingerprint density at radius 3 is 2.62 bits per heavy atom. The van der Waals surface area contributed by atoms with Crippen molar-refractivity contribution in [1.82, 2.24) is 10.3 Å². The molecule has 1 unspecified atom stereocenters. The summed E-state index contributed by atoms with van der Waals surface area (Å²) in [6, 6.07) is 13.5. The monoisotopic (exact) mass is 284 g/mol. The lowest BCUT2D eigenvalue weighted by Crippen LogP contribution is -2.39. The summed E-state index contributed by atoms with van der Waals surface area (Å²) in [7, 11) is 1.58. The van der Waals surface area contributed by atoms with Gasteiger partial charge < -0.3 is 16.4 Å². The topological polar surface area (TPSA) is 80.0 Å². The molecule has 1 amide bonds. The third kappa shape index (κ3) is 3.38. The Morgan fingerprint density at radius 1 is 1.29 bits per heavy atom. The van der Waals surface area contributed by atoms with Crippen LogP contribution in [0, 0.1) is 0 Å². The standard InChI is InChI=1S/C16H20N4O/c1-16(11-17,12-6-4-3-5-7-12)20-13-8-9-19-14(10-13)15(21)18-2/h3-10H,11,17H2,1-2H3,(H,18,21)(H,19,20). The highest BCUT2D eigenvalue weighted by Gasteiger charge is 2.24. The molecule has 0 aliphatic carbocycles. The fraction of sp³-hybridized carbons (Fsp3) is 0.250. The highest BCUT2D eigenvalue weighted by molar-refractivity contribution is 5.92. The molecule has 0 radical (unpaired) electrons. The van der Waals surface area contributed by atoms with Crippen LogP contribution in [0.1, 0.15) is 23.0 Å². The van der Waals surface area contributed by atoms with Gasteiger partial charge in [0.15, 0.2) is 0 Å². The molecule has 1 aromatic carbocycles. The number of carbonyl (C=O) groups is 1. The predicted octanol–water partition coefficient (Wildman–Crippen LogP) is 1.73. The molecule has 0 bridgehead atoms. The Kier molecular flexibility index (Phi) is 4.55. The molecule has 2 aromatic rings. The molecule has 5 nitrogen and oxygen atoms in total. The number of nitrogens with two attached hydrogens (primary N) is 1. The number of amides is 1. The first kappa shape index (κ1) is 15.0. The summed E-state index contributed by atoms with van der Waals surface area (Å²) in [6.07, 6.45) is 1.61. The minimum Gasteiger partial charge on any atom is -0.374 e. The maximum Gasteiger partial charge on any atom is 0.269 e. The van der Waals surface area contributed by atoms with Gasteiger partial charge in [-0.05, 0) is 24.6 Å². The molecular weight excluding hydrogens is 264 g/mol. The van der Waals surface area contributed by atoms with Gasteiger partial charge in [0, 0.05) is 25.5 Å². The van der Waals surface area contributed by atoms with Crippen LogP contribution >= 0.6 is 0 Å². The van der Waals surface area contributed by atoms with E-state index in [1.807, 2.05) is 43.3 Å². The van der Waals surface area contributed by atoms with Crippen LogP contribution < -0.4 is 16.4 Å². The number of nitrogens with zero attached hydrogens (tertiary/aromatic N) is 1. The fourth-order valence-corrected chi connectivity index (χ4v) is 2.13. The van der Waals surface area contributed by atoms with E-state index in [-0.39, 0.29) is 5.91 Å². The van der Waals surface area contributed by atoms with Crippen molar-refractivity contribution in [1.29, 1.82) is 0 Å². The van der Waals surface area contributed by atoms with Crippen LogP contribution in [0.25, 0.3) is 0 Å². The number of benzene rings is 1. The van der Waals surface area contributed by atoms with E-state index in [0.29, 0.717) is 12.2 Å². The van der Waals surface area contributed by atoms with Gasteiger partial charge in [-0.1, -0.05) is 30.3 Å². The SMILES string of the molecule is CNC(=O)c1cc(NC(C)(CN)c2ccccc2)ccn1. The molecule has 2 rings (SSSR count). The Hall–Kier alpha value is -2.40. The van der Waals surface area contributed by atoms with Crippen LogP contribution in [0.3, 0.4) is 0 Å². The lowest BCUT2D eigenvalue weighted by atomic mass is 9.92. The Bertz CT molecular complexity index is 615. The molecular formula is C16H20N4O. The van der Waals surface area contributed by atoms with Crippen LogP contribution in [0.15, 0.2) is 48.7 Å². The fourth-order valence-electron chi connectivity index (χ4n) is 2.13. The van der Waals surface area contributed by atoms with Gasteiger partial charge in [0.05, 0.1) is 5.54 Å². The van der Waals surface area contributed by atoms with E-state index >= 15 is 0 Å². The minimum atomic E-state index is -0.414. The van der Waals surface area contributed by atoms with Crippen molar-refractivity contribution >= 4 is 11.6 Å². The van der Waals surface area contributed by atoms with E-state index in [9.17, 15) is 4.79 Å². The van der Waals surface area contributed by atoms with Crippen LogP contribution in [0.2, 0.25) is 0 Å². The van der Waals surface area contributed by atoms with Gasteiger partial charge >= 0.3 is 0 Å². The highest BCUT2D eigenvalue weighted by atomic mass is 16.1. The average molecular weight is 284 g/mol. The zero-order valence-corrected chi connectivity index (χ0v) is 12.3. The first-order valence-corrected chi connectivity index (χ1v) is 6.81. The summed E-state index contributed by atoms with van der Waals surface area (Å²) in [6.45, 7) is 2.46. The summed E-state index contributed by atoms with van der Waals surface area (Å²) in [4.78, 5) is 15.7. The van der Waals surface area contributed by atoms with E-state index in [1.54, 1.807) is 19.3 Å². The second-order valence-corrected chi connectivity index (χ2v) is 5.04. The molecule has 0 aliphatic heterocycles. The van der Waals surface area contributed by atoms with E-state index in [1.165, 1.54) is 0 Å². The summed E-state index contributed by atoms with van der Waals surface area (Å²) in [5.74, 6) is -0.215. The van der Waals surface area contributed by atoms with E-state index < -0.39 is 5.54 Å². The van der Waals surface area contributed by atoms with Gasteiger partial charge in [0.1, 0.15) is 5.69 Å². The summed E-state index contributed by atoms with van der Waals surface area (Å²) in [5.41, 5.74) is 7.80. The summed E-state index contributed by atoms with van der Waals surface area (Å²) >= 11 is 0. The molecule has 0 spiro atoms. The first-order valence-electron chi connectivity index (χ1n) is 6.81. The van der Waals surface area contributed by atoms with Crippen LogP contribution in [0.5, 0.6) is 0 Å². The van der Waals surface area contributed by atoms with E-state index in [0.717, 1.165) is 11.3 Å². The number of nitrogens with one attached hydrogen (secondary N) is 2. The van der Waals surface area contributed by atoms with Crippen molar-refractivity contribution in [2.75, 3.05) is 18.9 Å². The van der Waals surface area contributed by atoms with Crippen LogP contribution in [-0.4, -0.2) is 24.5 Å². The molecule has 21 heavy (non-hydrogen) atoms. The lowest BCUT2D eigenvalue weighted by molar-refractivity contribution is 0.0958. The van der Waals surface area contributed by atoms with Crippen molar-refractivity contribution in [3.63, 3.8) is 0 Å². The smallest absolute Gasteiger partial charge is 0.269 e. The van der Waals surface area contributed by atoms with Gasteiger partial charge in [-0.15, -0.1) is 0 Å². The molecule has 110 valence electrons. The number of rotatable bonds is 5. The Labute approximate surface area is 124 Å². The van der Waals surface area contributed by atoms with Crippen molar-refractivity contribution < 1.29 is 4.79 Å². The van der Waals surface area contributed by atoms with Gasteiger partial charge in [-0.3, -0.25) is 9.78 Å². The van der Waals surface area contributed by atoms with Crippen molar-refractivity contribution in [2.45, 2.75) is 12.5 Å². The largest absolute Gasteiger partial charge is 0.374 e. The molecule has 4 N–H and O–H groups in total. The van der Waals surface area contributed by atoms with Crippen LogP contribution in [-0.2, 0) is 5.54 Å². The molecule has 1 aromatic heterocycles. The number of aromatic nitrogens is 1. The molecule has 0 saturated heterocycles. The number of anilines is 1. The maximum absolute atomic E-state index is 11.6. The third-order valence-corrected chi connectivity index (χ3v) is 3.46. The second kappa shape index (κ2) is 6.37. The summed E-state index contributed by atoms with van der Waals surface area (Å²) < 4.78 is 0.